The van der Waals surface area contributed by atoms with Crippen LogP contribution in [0.3, 0.4) is 0 Å². The summed E-state index contributed by atoms with van der Waals surface area (Å²) in [4.78, 5) is 18.1. The van der Waals surface area contributed by atoms with E-state index in [9.17, 15) is 9.90 Å². The number of carbonyl (C=O) groups is 1. The van der Waals surface area contributed by atoms with Crippen LogP contribution in [0.15, 0.2) is 12.1 Å². The van der Waals surface area contributed by atoms with Gasteiger partial charge in [0, 0.05) is 6.54 Å². The number of nitrogens with zero attached hydrogens (tertiary/aromatic N) is 3. The zero-order chi connectivity index (χ0) is 13.1. The highest BCUT2D eigenvalue weighted by molar-refractivity contribution is 5.92. The predicted molar refractivity (Wildman–Crippen MR) is 64.8 cm³/mol. The molecule has 1 saturated heterocycles. The maximum atomic E-state index is 12.2. The van der Waals surface area contributed by atoms with Gasteiger partial charge in [0.1, 0.15) is 11.8 Å². The summed E-state index contributed by atoms with van der Waals surface area (Å²) in [5.41, 5.74) is 1.38. The second kappa shape index (κ2) is 5.15. The van der Waals surface area contributed by atoms with Gasteiger partial charge in [-0.25, -0.2) is 4.98 Å². The Bertz CT molecular complexity index is 507. The molecular weight excluding hydrogens is 230 g/mol. The molecule has 2 heterocycles. The summed E-state index contributed by atoms with van der Waals surface area (Å²) in [6.07, 6.45) is 1.74. The quantitative estimate of drug-likeness (QED) is 0.838. The minimum atomic E-state index is -0.167. The van der Waals surface area contributed by atoms with Crippen molar-refractivity contribution in [3.63, 3.8) is 0 Å². The van der Waals surface area contributed by atoms with Gasteiger partial charge in [0.15, 0.2) is 0 Å². The van der Waals surface area contributed by atoms with Crippen molar-refractivity contribution in [1.29, 1.82) is 5.26 Å². The third-order valence-electron chi connectivity index (χ3n) is 3.27. The van der Waals surface area contributed by atoms with Crippen molar-refractivity contribution in [3.05, 3.63) is 29.1 Å². The van der Waals surface area contributed by atoms with E-state index in [2.05, 4.69) is 4.98 Å². The average molecular weight is 245 g/mol. The van der Waals surface area contributed by atoms with E-state index in [0.717, 1.165) is 12.8 Å². The second-order valence-corrected chi connectivity index (χ2v) is 4.42. The minimum absolute atomic E-state index is 0.0129. The van der Waals surface area contributed by atoms with Crippen molar-refractivity contribution in [3.8, 4) is 6.07 Å². The number of aliphatic hydroxyl groups is 1. The van der Waals surface area contributed by atoms with Crippen LogP contribution in [0.5, 0.6) is 0 Å². The van der Waals surface area contributed by atoms with Crippen molar-refractivity contribution in [2.75, 3.05) is 13.2 Å². The van der Waals surface area contributed by atoms with E-state index in [-0.39, 0.29) is 18.6 Å². The third-order valence-corrected chi connectivity index (χ3v) is 3.27. The number of likely N-dealkylation sites (tertiary alicyclic amines) is 1. The van der Waals surface area contributed by atoms with Gasteiger partial charge in [0.2, 0.25) is 0 Å². The number of aliphatic hydroxyl groups excluding tert-OH is 1. The van der Waals surface area contributed by atoms with Gasteiger partial charge in [-0.2, -0.15) is 5.26 Å². The molecule has 1 aliphatic heterocycles. The fourth-order valence-electron chi connectivity index (χ4n) is 2.24. The molecule has 1 atom stereocenters. The topological polar surface area (TPSA) is 77.2 Å². The summed E-state index contributed by atoms with van der Waals surface area (Å²) >= 11 is 0. The van der Waals surface area contributed by atoms with Crippen molar-refractivity contribution >= 4 is 5.91 Å². The summed E-state index contributed by atoms with van der Waals surface area (Å²) in [7, 11) is 0. The molecule has 1 amide bonds. The first-order valence-corrected chi connectivity index (χ1v) is 5.97. The second-order valence-electron chi connectivity index (χ2n) is 4.42. The molecule has 5 heteroatoms. The third kappa shape index (κ3) is 2.20. The van der Waals surface area contributed by atoms with Crippen LogP contribution in [0.4, 0.5) is 0 Å². The molecule has 94 valence electrons. The van der Waals surface area contributed by atoms with Crippen LogP contribution >= 0.6 is 0 Å². The van der Waals surface area contributed by atoms with Gasteiger partial charge in [0.25, 0.3) is 5.91 Å². The molecular formula is C13H15N3O2. The Hall–Kier alpha value is -1.93. The monoisotopic (exact) mass is 245 g/mol. The molecule has 0 aliphatic carbocycles. The standard InChI is InChI=1S/C13H15N3O2/c1-9-10(7-14)4-5-12(15-9)13(18)16-6-2-3-11(16)8-17/h4-5,11,17H,2-3,6,8H2,1H3/t11-/m0/s1. The van der Waals surface area contributed by atoms with E-state index < -0.39 is 0 Å². The Balaban J connectivity index is 2.24. The normalized spacial score (nSPS) is 18.7. The van der Waals surface area contributed by atoms with E-state index in [1.807, 2.05) is 6.07 Å². The lowest BCUT2D eigenvalue weighted by molar-refractivity contribution is 0.0671. The van der Waals surface area contributed by atoms with Gasteiger partial charge >= 0.3 is 0 Å². The highest BCUT2D eigenvalue weighted by atomic mass is 16.3. The number of rotatable bonds is 2. The lowest BCUT2D eigenvalue weighted by atomic mass is 10.2. The Kier molecular flexibility index (Phi) is 3.58. The first kappa shape index (κ1) is 12.5. The van der Waals surface area contributed by atoms with Gasteiger partial charge in [-0.15, -0.1) is 0 Å². The molecule has 1 aromatic rings. The first-order chi connectivity index (χ1) is 8.67. The van der Waals surface area contributed by atoms with Crippen LogP contribution < -0.4 is 0 Å². The predicted octanol–water partition coefficient (Wildman–Crippen LogP) is 0.859. The van der Waals surface area contributed by atoms with E-state index in [1.165, 1.54) is 0 Å². The molecule has 0 radical (unpaired) electrons. The number of aryl methyl sites for hydroxylation is 1. The molecule has 1 fully saturated rings. The maximum absolute atomic E-state index is 12.2. The Labute approximate surface area is 106 Å². The van der Waals surface area contributed by atoms with E-state index in [0.29, 0.717) is 23.5 Å². The molecule has 2 rings (SSSR count). The summed E-state index contributed by atoms with van der Waals surface area (Å²) < 4.78 is 0. The Morgan fingerprint density at radius 3 is 3.06 bits per heavy atom. The summed E-state index contributed by atoms with van der Waals surface area (Å²) in [6.45, 7) is 2.36. The maximum Gasteiger partial charge on any atom is 0.272 e. The van der Waals surface area contributed by atoms with Gasteiger partial charge in [-0.3, -0.25) is 4.79 Å². The van der Waals surface area contributed by atoms with Crippen molar-refractivity contribution in [2.24, 2.45) is 0 Å². The fraction of sp³-hybridized carbons (Fsp3) is 0.462. The van der Waals surface area contributed by atoms with Crippen LogP contribution in [0, 0.1) is 18.3 Å². The highest BCUT2D eigenvalue weighted by Gasteiger charge is 2.29. The van der Waals surface area contributed by atoms with Crippen LogP contribution in [-0.2, 0) is 0 Å². The summed E-state index contributed by atoms with van der Waals surface area (Å²) in [6, 6.07) is 5.10. The first-order valence-electron chi connectivity index (χ1n) is 5.97. The Morgan fingerprint density at radius 2 is 2.44 bits per heavy atom. The number of carbonyl (C=O) groups excluding carboxylic acids is 1. The lowest BCUT2D eigenvalue weighted by Gasteiger charge is -2.22. The minimum Gasteiger partial charge on any atom is -0.394 e. The van der Waals surface area contributed by atoms with Crippen LogP contribution in [0.1, 0.15) is 34.6 Å². The molecule has 5 nitrogen and oxygen atoms in total. The molecule has 0 unspecified atom stereocenters. The van der Waals surface area contributed by atoms with Crippen molar-refractivity contribution < 1.29 is 9.90 Å². The molecule has 0 bridgehead atoms. The number of hydrogen-bond donors (Lipinski definition) is 1. The molecule has 18 heavy (non-hydrogen) atoms. The number of amides is 1. The molecule has 1 aliphatic rings. The molecule has 0 saturated carbocycles. The summed E-state index contributed by atoms with van der Waals surface area (Å²) in [5, 5.41) is 18.0. The SMILES string of the molecule is Cc1nc(C(=O)N2CCC[C@H]2CO)ccc1C#N. The zero-order valence-electron chi connectivity index (χ0n) is 10.3. The van der Waals surface area contributed by atoms with E-state index >= 15 is 0 Å². The van der Waals surface area contributed by atoms with Gasteiger partial charge in [0.05, 0.1) is 23.9 Å². The van der Waals surface area contributed by atoms with Gasteiger partial charge < -0.3 is 10.0 Å². The Morgan fingerprint density at radius 1 is 1.67 bits per heavy atom. The molecule has 0 aromatic carbocycles. The van der Waals surface area contributed by atoms with Crippen LogP contribution in [0.25, 0.3) is 0 Å². The molecule has 0 spiro atoms. The lowest BCUT2D eigenvalue weighted by Crippen LogP contribution is -2.38. The number of pyridine rings is 1. The number of aromatic nitrogens is 1. The largest absolute Gasteiger partial charge is 0.394 e. The number of nitriles is 1. The molecule has 1 aromatic heterocycles. The van der Waals surface area contributed by atoms with Gasteiger partial charge in [-0.05, 0) is 31.9 Å². The average Bonchev–Trinajstić information content (AvgIpc) is 2.86. The zero-order valence-corrected chi connectivity index (χ0v) is 10.3. The van der Waals surface area contributed by atoms with Crippen molar-refractivity contribution in [2.45, 2.75) is 25.8 Å². The van der Waals surface area contributed by atoms with Crippen molar-refractivity contribution in [1.82, 2.24) is 9.88 Å². The summed E-state index contributed by atoms with van der Waals surface area (Å²) in [5.74, 6) is -0.167. The van der Waals surface area contributed by atoms with E-state index in [1.54, 1.807) is 24.0 Å². The van der Waals surface area contributed by atoms with Crippen LogP contribution in [0.2, 0.25) is 0 Å². The number of hydrogen-bond acceptors (Lipinski definition) is 4. The highest BCUT2D eigenvalue weighted by Crippen LogP contribution is 2.19. The molecule has 1 N–H and O–H groups in total. The van der Waals surface area contributed by atoms with E-state index in [4.69, 9.17) is 5.26 Å². The van der Waals surface area contributed by atoms with Gasteiger partial charge in [-0.1, -0.05) is 0 Å². The fourth-order valence-corrected chi connectivity index (χ4v) is 2.24. The van der Waals surface area contributed by atoms with Crippen LogP contribution in [-0.4, -0.2) is 40.1 Å². The smallest absolute Gasteiger partial charge is 0.272 e.